The van der Waals surface area contributed by atoms with Crippen LogP contribution in [0.15, 0.2) is 35.3 Å². The average Bonchev–Trinajstić information content (AvgIpc) is 2.87. The number of rotatable bonds is 18. The monoisotopic (exact) mass is 563 g/mol. The molecule has 1 aromatic rings. The highest BCUT2D eigenvalue weighted by Gasteiger charge is 2.31. The van der Waals surface area contributed by atoms with E-state index in [9.17, 15) is 29.1 Å². The summed E-state index contributed by atoms with van der Waals surface area (Å²) in [7, 11) is 0. The molecular weight excluding hydrogens is 522 g/mol. The van der Waals surface area contributed by atoms with Crippen molar-refractivity contribution in [3.8, 4) is 0 Å². The number of aliphatic carboxylic acids is 2. The first-order valence-electron chi connectivity index (χ1n) is 13.0. The molecule has 0 aliphatic heterocycles. The fourth-order valence-corrected chi connectivity index (χ4v) is 3.76. The van der Waals surface area contributed by atoms with Gasteiger partial charge in [-0.3, -0.25) is 24.2 Å². The predicted molar refractivity (Wildman–Crippen MR) is 148 cm³/mol. The first-order valence-corrected chi connectivity index (χ1v) is 13.0. The Bertz CT molecular complexity index is 1030. The number of carboxylic acids is 2. The van der Waals surface area contributed by atoms with Crippen molar-refractivity contribution in [1.82, 2.24) is 16.0 Å². The number of nitrogens with two attached hydrogens (primary N) is 3. The van der Waals surface area contributed by atoms with Crippen LogP contribution in [0, 0.1) is 5.92 Å². The number of aliphatic imine (C=N–C) groups is 1. The normalized spacial score (nSPS) is 13.8. The molecule has 0 spiro atoms. The summed E-state index contributed by atoms with van der Waals surface area (Å²) in [6.45, 7) is 3.85. The summed E-state index contributed by atoms with van der Waals surface area (Å²) in [6, 6.07) is 4.19. The molecule has 0 aliphatic carbocycles. The van der Waals surface area contributed by atoms with Crippen LogP contribution in [0.4, 0.5) is 0 Å². The summed E-state index contributed by atoms with van der Waals surface area (Å²) < 4.78 is 0. The Hall–Kier alpha value is -4.20. The van der Waals surface area contributed by atoms with Gasteiger partial charge in [0.15, 0.2) is 5.96 Å². The summed E-state index contributed by atoms with van der Waals surface area (Å²) in [5.41, 5.74) is 17.1. The number of hydrogen-bond acceptors (Lipinski definition) is 7. The number of carboxylic acid groups (broad SMARTS) is 2. The Balaban J connectivity index is 3.08. The third kappa shape index (κ3) is 13.6. The van der Waals surface area contributed by atoms with Crippen molar-refractivity contribution >= 4 is 35.6 Å². The fraction of sp³-hybridized carbons (Fsp3) is 0.538. The molecule has 14 heteroatoms. The molecule has 0 saturated carbocycles. The Kier molecular flexibility index (Phi) is 14.7. The van der Waals surface area contributed by atoms with E-state index in [2.05, 4.69) is 20.9 Å². The lowest BCUT2D eigenvalue weighted by atomic mass is 10.00. The van der Waals surface area contributed by atoms with Gasteiger partial charge in [-0.1, -0.05) is 44.2 Å². The Morgan fingerprint density at radius 3 is 1.98 bits per heavy atom. The second kappa shape index (κ2) is 17.4. The van der Waals surface area contributed by atoms with Crippen molar-refractivity contribution in [3.05, 3.63) is 35.9 Å². The molecule has 0 aliphatic rings. The maximum absolute atomic E-state index is 13.3. The minimum Gasteiger partial charge on any atom is -0.481 e. The highest BCUT2D eigenvalue weighted by atomic mass is 16.4. The van der Waals surface area contributed by atoms with Crippen LogP contribution in [0.25, 0.3) is 0 Å². The van der Waals surface area contributed by atoms with Crippen LogP contribution in [-0.4, -0.2) is 76.5 Å². The minimum absolute atomic E-state index is 0.0331. The summed E-state index contributed by atoms with van der Waals surface area (Å²) in [5.74, 6) is -4.62. The molecule has 0 aromatic heterocycles. The molecule has 0 saturated heterocycles. The van der Waals surface area contributed by atoms with Gasteiger partial charge in [-0.2, -0.15) is 0 Å². The van der Waals surface area contributed by atoms with Crippen molar-refractivity contribution in [3.63, 3.8) is 0 Å². The molecule has 0 fully saturated rings. The lowest BCUT2D eigenvalue weighted by Crippen LogP contribution is -2.57. The van der Waals surface area contributed by atoms with Gasteiger partial charge in [0.1, 0.15) is 18.1 Å². The van der Waals surface area contributed by atoms with Crippen molar-refractivity contribution in [2.24, 2.45) is 28.1 Å². The quantitative estimate of drug-likeness (QED) is 0.0618. The van der Waals surface area contributed by atoms with Gasteiger partial charge in [-0.25, -0.2) is 4.79 Å². The molecule has 222 valence electrons. The molecule has 1 rings (SSSR count). The second-order valence-corrected chi connectivity index (χ2v) is 9.83. The molecule has 4 unspecified atom stereocenters. The summed E-state index contributed by atoms with van der Waals surface area (Å²) in [4.78, 5) is 65.5. The van der Waals surface area contributed by atoms with Gasteiger partial charge in [-0.15, -0.1) is 0 Å². The lowest BCUT2D eigenvalue weighted by Gasteiger charge is -2.26. The van der Waals surface area contributed by atoms with Crippen LogP contribution in [-0.2, 0) is 30.4 Å². The van der Waals surface area contributed by atoms with Gasteiger partial charge < -0.3 is 43.4 Å². The second-order valence-electron chi connectivity index (χ2n) is 9.83. The molecular formula is C26H41N7O7. The first kappa shape index (κ1) is 33.8. The van der Waals surface area contributed by atoms with E-state index in [1.165, 1.54) is 0 Å². The maximum atomic E-state index is 13.3. The Labute approximate surface area is 233 Å². The SMILES string of the molecule is CC(C)CC(NC(=O)C(N)CCC(=O)O)C(=O)NC(Cc1ccccc1)C(=O)NC(CCCN=C(N)N)C(=O)O. The highest BCUT2D eigenvalue weighted by Crippen LogP contribution is 2.10. The zero-order chi connectivity index (χ0) is 30.2. The van der Waals surface area contributed by atoms with Crippen molar-refractivity contribution in [1.29, 1.82) is 0 Å². The van der Waals surface area contributed by atoms with Crippen LogP contribution in [0.3, 0.4) is 0 Å². The molecule has 14 nitrogen and oxygen atoms in total. The summed E-state index contributed by atoms with van der Waals surface area (Å²) in [6.07, 6.45) is 0.173. The Morgan fingerprint density at radius 2 is 1.43 bits per heavy atom. The van der Waals surface area contributed by atoms with Crippen molar-refractivity contribution in [2.45, 2.75) is 76.5 Å². The van der Waals surface area contributed by atoms with Gasteiger partial charge in [0.25, 0.3) is 0 Å². The van der Waals surface area contributed by atoms with E-state index in [1.807, 2.05) is 13.8 Å². The van der Waals surface area contributed by atoms with Crippen LogP contribution >= 0.6 is 0 Å². The number of carbonyl (C=O) groups is 5. The standard InChI is InChI=1S/C26H41N7O7/c1-15(2)13-19(32-22(36)17(27)10-11-21(34)35)23(37)33-20(14-16-7-4-3-5-8-16)24(38)31-18(25(39)40)9-6-12-30-26(28)29/h3-5,7-8,15,17-20H,6,9-14,27H2,1-2H3,(H,31,38)(H,32,36)(H,33,37)(H,34,35)(H,39,40)(H4,28,29,30). The molecule has 0 heterocycles. The molecule has 0 bridgehead atoms. The molecule has 1 aromatic carbocycles. The topological polar surface area (TPSA) is 252 Å². The van der Waals surface area contributed by atoms with E-state index in [0.717, 1.165) is 0 Å². The number of benzene rings is 1. The van der Waals surface area contributed by atoms with Gasteiger partial charge in [0, 0.05) is 19.4 Å². The zero-order valence-electron chi connectivity index (χ0n) is 22.8. The maximum Gasteiger partial charge on any atom is 0.326 e. The number of nitrogens with one attached hydrogen (secondary N) is 3. The minimum atomic E-state index is -1.26. The van der Waals surface area contributed by atoms with Gasteiger partial charge in [0.2, 0.25) is 17.7 Å². The fourth-order valence-electron chi connectivity index (χ4n) is 3.76. The van der Waals surface area contributed by atoms with E-state index in [-0.39, 0.29) is 56.9 Å². The number of guanidine groups is 1. The van der Waals surface area contributed by atoms with Gasteiger partial charge in [0.05, 0.1) is 6.04 Å². The van der Waals surface area contributed by atoms with Crippen LogP contribution in [0.2, 0.25) is 0 Å². The summed E-state index contributed by atoms with van der Waals surface area (Å²) in [5, 5.41) is 26.1. The predicted octanol–water partition coefficient (Wildman–Crippen LogP) is -0.940. The van der Waals surface area contributed by atoms with Gasteiger partial charge in [-0.05, 0) is 37.2 Å². The molecule has 40 heavy (non-hydrogen) atoms. The zero-order valence-corrected chi connectivity index (χ0v) is 22.8. The van der Waals surface area contributed by atoms with E-state index in [0.29, 0.717) is 5.56 Å². The first-order chi connectivity index (χ1) is 18.8. The third-order valence-corrected chi connectivity index (χ3v) is 5.82. The number of hydrogen-bond donors (Lipinski definition) is 8. The average molecular weight is 564 g/mol. The van der Waals surface area contributed by atoms with E-state index in [1.54, 1.807) is 30.3 Å². The molecule has 3 amide bonds. The smallest absolute Gasteiger partial charge is 0.326 e. The number of carbonyl (C=O) groups excluding carboxylic acids is 3. The highest BCUT2D eigenvalue weighted by molar-refractivity contribution is 5.94. The van der Waals surface area contributed by atoms with Gasteiger partial charge >= 0.3 is 11.9 Å². The van der Waals surface area contributed by atoms with E-state index < -0.39 is 53.8 Å². The van der Waals surface area contributed by atoms with Crippen LogP contribution in [0.5, 0.6) is 0 Å². The largest absolute Gasteiger partial charge is 0.481 e. The molecule has 11 N–H and O–H groups in total. The molecule has 4 atom stereocenters. The van der Waals surface area contributed by atoms with E-state index in [4.69, 9.17) is 22.3 Å². The summed E-state index contributed by atoms with van der Waals surface area (Å²) >= 11 is 0. The van der Waals surface area contributed by atoms with Crippen LogP contribution in [0.1, 0.15) is 51.5 Å². The van der Waals surface area contributed by atoms with Crippen molar-refractivity contribution < 1.29 is 34.2 Å². The number of nitrogens with zero attached hydrogens (tertiary/aromatic N) is 1. The van der Waals surface area contributed by atoms with Crippen LogP contribution < -0.4 is 33.2 Å². The number of amides is 3. The van der Waals surface area contributed by atoms with Crippen molar-refractivity contribution in [2.75, 3.05) is 6.54 Å². The third-order valence-electron chi connectivity index (χ3n) is 5.82. The molecule has 0 radical (unpaired) electrons. The van der Waals surface area contributed by atoms with E-state index >= 15 is 0 Å². The lowest BCUT2D eigenvalue weighted by molar-refractivity contribution is -0.142. The Morgan fingerprint density at radius 1 is 0.850 bits per heavy atom.